The summed E-state index contributed by atoms with van der Waals surface area (Å²) in [6.45, 7) is 4.22. The third kappa shape index (κ3) is 3.98. The number of nitrogens with zero attached hydrogens (tertiary/aromatic N) is 1. The number of benzene rings is 2. The molecule has 5 nitrogen and oxygen atoms in total. The molecule has 1 amide bonds. The van der Waals surface area contributed by atoms with E-state index in [1.807, 2.05) is 0 Å². The van der Waals surface area contributed by atoms with Crippen LogP contribution in [-0.2, 0) is 10.0 Å². The predicted molar refractivity (Wildman–Crippen MR) is 90.9 cm³/mol. The van der Waals surface area contributed by atoms with Crippen LogP contribution >= 0.6 is 0 Å². The molecule has 0 aliphatic carbocycles. The molecule has 128 valence electrons. The van der Waals surface area contributed by atoms with Crippen molar-refractivity contribution in [1.29, 1.82) is 0 Å². The van der Waals surface area contributed by atoms with Gasteiger partial charge in [0.25, 0.3) is 5.91 Å². The van der Waals surface area contributed by atoms with Gasteiger partial charge in [-0.2, -0.15) is 4.31 Å². The number of carbonyl (C=O) groups excluding carboxylic acids is 1. The summed E-state index contributed by atoms with van der Waals surface area (Å²) in [5.41, 5.74) is 0.644. The van der Waals surface area contributed by atoms with E-state index in [1.54, 1.807) is 13.8 Å². The fraction of sp³-hybridized carbons (Fsp3) is 0.235. The lowest BCUT2D eigenvalue weighted by molar-refractivity contribution is 0.102. The summed E-state index contributed by atoms with van der Waals surface area (Å²) >= 11 is 0. The number of rotatable bonds is 6. The van der Waals surface area contributed by atoms with Gasteiger partial charge in [-0.05, 0) is 42.5 Å². The minimum absolute atomic E-state index is 0.0676. The number of hydrogen-bond donors (Lipinski definition) is 1. The molecule has 0 bridgehead atoms. The van der Waals surface area contributed by atoms with Crippen molar-refractivity contribution >= 4 is 21.6 Å². The zero-order valence-electron chi connectivity index (χ0n) is 13.5. The average molecular weight is 350 g/mol. The van der Waals surface area contributed by atoms with Gasteiger partial charge in [0.1, 0.15) is 5.82 Å². The molecule has 0 radical (unpaired) electrons. The summed E-state index contributed by atoms with van der Waals surface area (Å²) in [7, 11) is -3.63. The van der Waals surface area contributed by atoms with E-state index >= 15 is 0 Å². The van der Waals surface area contributed by atoms with Crippen LogP contribution in [0.2, 0.25) is 0 Å². The van der Waals surface area contributed by atoms with Crippen LogP contribution in [0.4, 0.5) is 10.1 Å². The van der Waals surface area contributed by atoms with Crippen molar-refractivity contribution in [3.63, 3.8) is 0 Å². The van der Waals surface area contributed by atoms with Gasteiger partial charge in [0.05, 0.1) is 4.90 Å². The van der Waals surface area contributed by atoms with Gasteiger partial charge in [-0.3, -0.25) is 4.79 Å². The highest BCUT2D eigenvalue weighted by molar-refractivity contribution is 7.89. The summed E-state index contributed by atoms with van der Waals surface area (Å²) in [4.78, 5) is 12.3. The third-order valence-electron chi connectivity index (χ3n) is 3.54. The van der Waals surface area contributed by atoms with E-state index in [4.69, 9.17) is 0 Å². The van der Waals surface area contributed by atoms with E-state index in [0.29, 0.717) is 18.8 Å². The average Bonchev–Trinajstić information content (AvgIpc) is 2.58. The normalized spacial score (nSPS) is 11.5. The molecule has 1 N–H and O–H groups in total. The van der Waals surface area contributed by atoms with Gasteiger partial charge in [-0.25, -0.2) is 12.8 Å². The molecule has 0 saturated heterocycles. The zero-order valence-corrected chi connectivity index (χ0v) is 14.3. The van der Waals surface area contributed by atoms with Crippen LogP contribution in [0.1, 0.15) is 24.2 Å². The summed E-state index contributed by atoms with van der Waals surface area (Å²) in [6.07, 6.45) is 0. The molecule has 2 rings (SSSR count). The van der Waals surface area contributed by atoms with Gasteiger partial charge in [0.15, 0.2) is 0 Å². The van der Waals surface area contributed by atoms with Gasteiger partial charge in [-0.15, -0.1) is 0 Å². The maximum atomic E-state index is 12.9. The molecule has 7 heteroatoms. The van der Waals surface area contributed by atoms with Gasteiger partial charge in [0.2, 0.25) is 10.0 Å². The lowest BCUT2D eigenvalue weighted by atomic mass is 10.2. The van der Waals surface area contributed by atoms with Crippen molar-refractivity contribution in [2.75, 3.05) is 18.4 Å². The van der Waals surface area contributed by atoms with E-state index in [1.165, 1.54) is 52.8 Å². The van der Waals surface area contributed by atoms with Crippen molar-refractivity contribution < 1.29 is 17.6 Å². The van der Waals surface area contributed by atoms with Gasteiger partial charge in [-0.1, -0.05) is 19.9 Å². The quantitative estimate of drug-likeness (QED) is 0.870. The Morgan fingerprint density at radius 1 is 1.08 bits per heavy atom. The Kier molecular flexibility index (Phi) is 5.69. The highest BCUT2D eigenvalue weighted by Crippen LogP contribution is 2.18. The largest absolute Gasteiger partial charge is 0.322 e. The van der Waals surface area contributed by atoms with Crippen molar-refractivity contribution in [2.24, 2.45) is 0 Å². The second-order valence-electron chi connectivity index (χ2n) is 5.08. The van der Waals surface area contributed by atoms with E-state index in [-0.39, 0.29) is 10.5 Å². The SMILES string of the molecule is CCN(CC)S(=O)(=O)c1cccc(C(=O)Nc2ccc(F)cc2)c1. The summed E-state index contributed by atoms with van der Waals surface area (Å²) in [5, 5.41) is 2.61. The second kappa shape index (κ2) is 7.55. The Morgan fingerprint density at radius 2 is 1.71 bits per heavy atom. The van der Waals surface area contributed by atoms with Crippen LogP contribution in [0, 0.1) is 5.82 Å². The molecule has 2 aromatic rings. The van der Waals surface area contributed by atoms with E-state index in [9.17, 15) is 17.6 Å². The lowest BCUT2D eigenvalue weighted by Crippen LogP contribution is -2.30. The van der Waals surface area contributed by atoms with Gasteiger partial charge >= 0.3 is 0 Å². The monoisotopic (exact) mass is 350 g/mol. The molecule has 0 aliphatic rings. The number of sulfonamides is 1. The fourth-order valence-corrected chi connectivity index (χ4v) is 3.75. The topological polar surface area (TPSA) is 66.5 Å². The van der Waals surface area contributed by atoms with Crippen molar-refractivity contribution in [3.8, 4) is 0 Å². The summed E-state index contributed by atoms with van der Waals surface area (Å²) in [6, 6.07) is 11.2. The number of halogens is 1. The molecule has 2 aromatic carbocycles. The maximum absolute atomic E-state index is 12.9. The molecule has 0 heterocycles. The van der Waals surface area contributed by atoms with Crippen LogP contribution in [0.3, 0.4) is 0 Å². The molecule has 24 heavy (non-hydrogen) atoms. The minimum Gasteiger partial charge on any atom is -0.322 e. The highest BCUT2D eigenvalue weighted by atomic mass is 32.2. The predicted octanol–water partition coefficient (Wildman–Crippen LogP) is 3.11. The molecular formula is C17H19FN2O3S. The van der Waals surface area contributed by atoms with Crippen molar-refractivity contribution in [2.45, 2.75) is 18.7 Å². The van der Waals surface area contributed by atoms with E-state index in [2.05, 4.69) is 5.32 Å². The molecule has 0 fully saturated rings. The number of amides is 1. The Bertz CT molecular complexity index is 816. The van der Waals surface area contributed by atoms with Crippen LogP contribution in [-0.4, -0.2) is 31.7 Å². The van der Waals surface area contributed by atoms with Crippen molar-refractivity contribution in [1.82, 2.24) is 4.31 Å². The number of hydrogen-bond acceptors (Lipinski definition) is 3. The smallest absolute Gasteiger partial charge is 0.255 e. The van der Waals surface area contributed by atoms with Crippen LogP contribution in [0.5, 0.6) is 0 Å². The van der Waals surface area contributed by atoms with Crippen LogP contribution < -0.4 is 5.32 Å². The molecule has 0 aromatic heterocycles. The number of nitrogens with one attached hydrogen (secondary N) is 1. The van der Waals surface area contributed by atoms with E-state index in [0.717, 1.165) is 0 Å². The Balaban J connectivity index is 2.26. The minimum atomic E-state index is -3.63. The first-order valence-corrected chi connectivity index (χ1v) is 8.99. The third-order valence-corrected chi connectivity index (χ3v) is 5.59. The first-order valence-electron chi connectivity index (χ1n) is 7.55. The molecule has 0 atom stereocenters. The first-order chi connectivity index (χ1) is 11.4. The van der Waals surface area contributed by atoms with E-state index < -0.39 is 21.7 Å². The van der Waals surface area contributed by atoms with Gasteiger partial charge < -0.3 is 5.32 Å². The second-order valence-corrected chi connectivity index (χ2v) is 7.02. The van der Waals surface area contributed by atoms with Crippen LogP contribution in [0.15, 0.2) is 53.4 Å². The van der Waals surface area contributed by atoms with Gasteiger partial charge in [0, 0.05) is 24.3 Å². The summed E-state index contributed by atoms with van der Waals surface area (Å²) in [5.74, 6) is -0.862. The molecule has 0 spiro atoms. The Labute approximate surface area is 141 Å². The lowest BCUT2D eigenvalue weighted by Gasteiger charge is -2.18. The number of carbonyl (C=O) groups is 1. The first kappa shape index (κ1) is 18.1. The van der Waals surface area contributed by atoms with Crippen molar-refractivity contribution in [3.05, 3.63) is 59.9 Å². The maximum Gasteiger partial charge on any atom is 0.255 e. The van der Waals surface area contributed by atoms with Crippen LogP contribution in [0.25, 0.3) is 0 Å². The zero-order chi connectivity index (χ0) is 17.7. The molecule has 0 aliphatic heterocycles. The Morgan fingerprint density at radius 3 is 2.29 bits per heavy atom. The molecule has 0 unspecified atom stereocenters. The Hall–Kier alpha value is -2.25. The highest BCUT2D eigenvalue weighted by Gasteiger charge is 2.22. The number of anilines is 1. The molecule has 0 saturated carbocycles. The molecular weight excluding hydrogens is 331 g/mol. The fourth-order valence-electron chi connectivity index (χ4n) is 2.25. The summed E-state index contributed by atoms with van der Waals surface area (Å²) < 4.78 is 39.2. The standard InChI is InChI=1S/C17H19FN2O3S/c1-3-20(4-2)24(22,23)16-7-5-6-13(12-16)17(21)19-15-10-8-14(18)9-11-15/h5-12H,3-4H2,1-2H3,(H,19,21).